The molecule has 1 saturated heterocycles. The van der Waals surface area contributed by atoms with Crippen LogP contribution in [0.15, 0.2) is 70.1 Å². The van der Waals surface area contributed by atoms with E-state index in [0.717, 1.165) is 16.8 Å². The van der Waals surface area contributed by atoms with E-state index in [-0.39, 0.29) is 5.91 Å². The number of benzene rings is 2. The van der Waals surface area contributed by atoms with Gasteiger partial charge in [-0.15, -0.1) is 0 Å². The van der Waals surface area contributed by atoms with Crippen molar-refractivity contribution >= 4 is 34.6 Å². The summed E-state index contributed by atoms with van der Waals surface area (Å²) in [4.78, 5) is 17.4. The minimum atomic E-state index is -0.103. The van der Waals surface area contributed by atoms with Crippen LogP contribution >= 0.6 is 11.8 Å². The zero-order valence-electron chi connectivity index (χ0n) is 14.5. The fourth-order valence-electron chi connectivity index (χ4n) is 2.45. The molecule has 0 spiro atoms. The molecule has 1 fully saturated rings. The number of nitrogens with zero attached hydrogens (tertiary/aromatic N) is 1. The van der Waals surface area contributed by atoms with Gasteiger partial charge in [-0.2, -0.15) is 0 Å². The maximum atomic E-state index is 12.2. The summed E-state index contributed by atoms with van der Waals surface area (Å²) in [5, 5.41) is 3.45. The average molecular weight is 348 g/mol. The normalized spacial score (nSPS) is 18.0. The molecule has 0 atom stereocenters. The molecule has 0 radical (unpaired) electrons. The Morgan fingerprint density at radius 3 is 2.56 bits per heavy atom. The van der Waals surface area contributed by atoms with Crippen LogP contribution in [0.3, 0.4) is 0 Å². The summed E-state index contributed by atoms with van der Waals surface area (Å²) in [6.07, 6.45) is 3.95. The lowest BCUT2D eigenvalue weighted by Crippen LogP contribution is -2.19. The Morgan fingerprint density at radius 1 is 1.08 bits per heavy atom. The molecular weight excluding hydrogens is 328 g/mol. The van der Waals surface area contributed by atoms with E-state index in [2.05, 4.69) is 30.2 Å². The van der Waals surface area contributed by atoms with Crippen molar-refractivity contribution in [2.75, 3.05) is 0 Å². The van der Waals surface area contributed by atoms with Crippen LogP contribution in [0.4, 0.5) is 5.69 Å². The Kier molecular flexibility index (Phi) is 5.19. The highest BCUT2D eigenvalue weighted by molar-refractivity contribution is 8.18. The third-order valence-corrected chi connectivity index (χ3v) is 4.83. The van der Waals surface area contributed by atoms with Crippen LogP contribution in [-0.4, -0.2) is 11.1 Å². The lowest BCUT2D eigenvalue weighted by atomic mass is 10.1. The van der Waals surface area contributed by atoms with Crippen LogP contribution in [0.1, 0.15) is 23.6 Å². The van der Waals surface area contributed by atoms with Gasteiger partial charge in [-0.25, -0.2) is 4.99 Å². The maximum Gasteiger partial charge on any atom is 0.264 e. The number of hydrogen-bond donors (Lipinski definition) is 1. The first kappa shape index (κ1) is 17.2. The molecular formula is C21H20N2OS. The summed E-state index contributed by atoms with van der Waals surface area (Å²) in [6, 6.07) is 16.1. The third-order valence-electron chi connectivity index (χ3n) is 3.92. The second-order valence-electron chi connectivity index (χ2n) is 6.05. The molecule has 126 valence electrons. The quantitative estimate of drug-likeness (QED) is 0.780. The van der Waals surface area contributed by atoms with Crippen molar-refractivity contribution in [3.05, 3.63) is 81.8 Å². The van der Waals surface area contributed by atoms with Gasteiger partial charge in [0.05, 0.1) is 10.6 Å². The molecule has 0 unspecified atom stereocenters. The second-order valence-corrected chi connectivity index (χ2v) is 7.08. The predicted octanol–water partition coefficient (Wildman–Crippen LogP) is 5.14. The topological polar surface area (TPSA) is 41.5 Å². The number of hydrogen-bond acceptors (Lipinski definition) is 3. The fourth-order valence-corrected chi connectivity index (χ4v) is 3.35. The minimum Gasteiger partial charge on any atom is -0.300 e. The Hall–Kier alpha value is -2.59. The molecule has 1 N–H and O–H groups in total. The lowest BCUT2D eigenvalue weighted by molar-refractivity contribution is -0.115. The smallest absolute Gasteiger partial charge is 0.264 e. The molecule has 0 saturated carbocycles. The molecule has 2 aromatic rings. The molecule has 4 heteroatoms. The zero-order valence-corrected chi connectivity index (χ0v) is 15.4. The highest BCUT2D eigenvalue weighted by atomic mass is 32.2. The van der Waals surface area contributed by atoms with Crippen molar-refractivity contribution in [1.29, 1.82) is 0 Å². The SMILES string of the molecule is CC(=Cc1ccccc1)C=C1SC(=Nc2ccc(C)c(C)c2)NC1=O. The Morgan fingerprint density at radius 2 is 1.84 bits per heavy atom. The second kappa shape index (κ2) is 7.53. The predicted molar refractivity (Wildman–Crippen MR) is 107 cm³/mol. The van der Waals surface area contributed by atoms with E-state index in [1.54, 1.807) is 0 Å². The largest absolute Gasteiger partial charge is 0.300 e. The van der Waals surface area contributed by atoms with Gasteiger partial charge in [0.15, 0.2) is 5.17 Å². The first-order valence-corrected chi connectivity index (χ1v) is 8.93. The van der Waals surface area contributed by atoms with E-state index in [0.29, 0.717) is 10.1 Å². The first-order chi connectivity index (χ1) is 12.0. The summed E-state index contributed by atoms with van der Waals surface area (Å²) in [6.45, 7) is 6.12. The monoisotopic (exact) mass is 348 g/mol. The van der Waals surface area contributed by atoms with E-state index in [9.17, 15) is 4.79 Å². The lowest BCUT2D eigenvalue weighted by Gasteiger charge is -2.01. The molecule has 1 aliphatic heterocycles. The number of thioether (sulfide) groups is 1. The number of carbonyl (C=O) groups is 1. The number of rotatable bonds is 3. The van der Waals surface area contributed by atoms with Gasteiger partial charge >= 0.3 is 0 Å². The molecule has 0 bridgehead atoms. The molecule has 2 aromatic carbocycles. The van der Waals surface area contributed by atoms with Crippen molar-refractivity contribution in [2.45, 2.75) is 20.8 Å². The number of aryl methyl sites for hydroxylation is 2. The van der Waals surface area contributed by atoms with E-state index in [1.165, 1.54) is 22.9 Å². The number of amides is 1. The summed E-state index contributed by atoms with van der Waals surface area (Å²) in [7, 11) is 0. The van der Waals surface area contributed by atoms with Gasteiger partial charge in [0.1, 0.15) is 0 Å². The number of nitrogens with one attached hydrogen (secondary N) is 1. The highest BCUT2D eigenvalue weighted by Crippen LogP contribution is 2.28. The Labute approximate surface area is 152 Å². The standard InChI is InChI=1S/C21H20N2OS/c1-14(11-17-7-5-4-6-8-17)12-19-20(24)23-21(25-19)22-18-10-9-15(2)16(3)13-18/h4-13H,1-3H3,(H,22,23,24). The van der Waals surface area contributed by atoms with Crippen LogP contribution in [0.2, 0.25) is 0 Å². The number of aliphatic imine (C=N–C) groups is 1. The molecule has 3 rings (SSSR count). The van der Waals surface area contributed by atoms with Gasteiger partial charge in [0, 0.05) is 0 Å². The van der Waals surface area contributed by atoms with Crippen molar-refractivity contribution in [3.8, 4) is 0 Å². The van der Waals surface area contributed by atoms with E-state index >= 15 is 0 Å². The molecule has 1 amide bonds. The van der Waals surface area contributed by atoms with Gasteiger partial charge < -0.3 is 5.32 Å². The van der Waals surface area contributed by atoms with Crippen LogP contribution < -0.4 is 5.32 Å². The van der Waals surface area contributed by atoms with Crippen molar-refractivity contribution in [1.82, 2.24) is 5.32 Å². The van der Waals surface area contributed by atoms with Crippen LogP contribution in [0, 0.1) is 13.8 Å². The van der Waals surface area contributed by atoms with E-state index in [4.69, 9.17) is 0 Å². The van der Waals surface area contributed by atoms with Gasteiger partial charge in [-0.05, 0) is 73.0 Å². The summed E-state index contributed by atoms with van der Waals surface area (Å²) < 4.78 is 0. The van der Waals surface area contributed by atoms with Crippen LogP contribution in [0.5, 0.6) is 0 Å². The van der Waals surface area contributed by atoms with Gasteiger partial charge in [-0.1, -0.05) is 42.5 Å². The Bertz CT molecular complexity index is 895. The highest BCUT2D eigenvalue weighted by Gasteiger charge is 2.23. The van der Waals surface area contributed by atoms with Gasteiger partial charge in [0.2, 0.25) is 0 Å². The van der Waals surface area contributed by atoms with Crippen molar-refractivity contribution in [3.63, 3.8) is 0 Å². The van der Waals surface area contributed by atoms with Crippen LogP contribution in [-0.2, 0) is 4.79 Å². The number of carbonyl (C=O) groups excluding carboxylic acids is 1. The molecule has 3 nitrogen and oxygen atoms in total. The molecule has 0 aromatic heterocycles. The van der Waals surface area contributed by atoms with Gasteiger partial charge in [-0.3, -0.25) is 4.79 Å². The first-order valence-electron chi connectivity index (χ1n) is 8.11. The fraction of sp³-hybridized carbons (Fsp3) is 0.143. The minimum absolute atomic E-state index is 0.103. The molecule has 0 aliphatic carbocycles. The van der Waals surface area contributed by atoms with Crippen LogP contribution in [0.25, 0.3) is 6.08 Å². The van der Waals surface area contributed by atoms with Crippen molar-refractivity contribution < 1.29 is 4.79 Å². The Balaban J connectivity index is 1.79. The molecule has 1 aliphatic rings. The number of amidine groups is 1. The zero-order chi connectivity index (χ0) is 17.8. The summed E-state index contributed by atoms with van der Waals surface area (Å²) in [5.41, 5.74) is 5.41. The summed E-state index contributed by atoms with van der Waals surface area (Å²) in [5.74, 6) is -0.103. The molecule has 1 heterocycles. The average Bonchev–Trinajstić information content (AvgIpc) is 2.91. The van der Waals surface area contributed by atoms with Gasteiger partial charge in [0.25, 0.3) is 5.91 Å². The molecule has 25 heavy (non-hydrogen) atoms. The van der Waals surface area contributed by atoms with Crippen molar-refractivity contribution in [2.24, 2.45) is 4.99 Å². The number of allylic oxidation sites excluding steroid dienone is 2. The summed E-state index contributed by atoms with van der Waals surface area (Å²) >= 11 is 1.37. The maximum absolute atomic E-state index is 12.2. The van der Waals surface area contributed by atoms with E-state index < -0.39 is 0 Å². The third kappa shape index (κ3) is 4.48. The van der Waals surface area contributed by atoms with E-state index in [1.807, 2.05) is 61.5 Å².